The van der Waals surface area contributed by atoms with Crippen LogP contribution < -0.4 is 26.2 Å². The molecule has 0 N–H and O–H groups in total. The summed E-state index contributed by atoms with van der Waals surface area (Å²) >= 11 is 0. The van der Waals surface area contributed by atoms with Gasteiger partial charge in [-0.3, -0.25) is 0 Å². The quantitative estimate of drug-likeness (QED) is 0.165. The van der Waals surface area contributed by atoms with E-state index in [4.69, 9.17) is 0 Å². The van der Waals surface area contributed by atoms with Gasteiger partial charge >= 0.3 is 0 Å². The van der Waals surface area contributed by atoms with Gasteiger partial charge in [-0.15, -0.1) is 0 Å². The van der Waals surface area contributed by atoms with E-state index in [2.05, 4.69) is 161 Å². The molecule has 13 rings (SSSR count). The van der Waals surface area contributed by atoms with E-state index in [0.717, 1.165) is 0 Å². The van der Waals surface area contributed by atoms with Crippen LogP contribution in [0.4, 0.5) is 34.1 Å². The average Bonchev–Trinajstić information content (AvgIpc) is 4.05. The molecule has 262 valence electrons. The smallest absolute Gasteiger partial charge is 0.252 e. The van der Waals surface area contributed by atoms with E-state index in [9.17, 15) is 0 Å². The number of para-hydroxylation sites is 2. The molecule has 2 saturated carbocycles. The van der Waals surface area contributed by atoms with Gasteiger partial charge in [-0.2, -0.15) is 0 Å². The fraction of sp³-hybridized carbons (Fsp3) is 0.192. The van der Waals surface area contributed by atoms with Crippen LogP contribution in [0.15, 0.2) is 152 Å². The average molecular weight is 705 g/mol. The molecular weight excluding hydrogens is 663 g/mol. The Balaban J connectivity index is 1.19. The molecule has 0 unspecified atom stereocenters. The molecule has 0 radical (unpaired) electrons. The molecule has 55 heavy (non-hydrogen) atoms. The lowest BCUT2D eigenvalue weighted by atomic mass is 9.32. The summed E-state index contributed by atoms with van der Waals surface area (Å²) in [5.41, 5.74) is 24.3. The van der Waals surface area contributed by atoms with Gasteiger partial charge < -0.3 is 9.80 Å². The molecule has 0 amide bonds. The fourth-order valence-corrected chi connectivity index (χ4v) is 12.7. The lowest BCUT2D eigenvalue weighted by Crippen LogP contribution is -2.62. The summed E-state index contributed by atoms with van der Waals surface area (Å²) in [6.07, 6.45) is 10.1. The number of hydrogen-bond acceptors (Lipinski definition) is 2. The van der Waals surface area contributed by atoms with Crippen LogP contribution in [0.2, 0.25) is 0 Å². The highest BCUT2D eigenvalue weighted by molar-refractivity contribution is 7.01. The highest BCUT2D eigenvalue weighted by atomic mass is 15.2. The van der Waals surface area contributed by atoms with Crippen molar-refractivity contribution in [3.05, 3.63) is 174 Å². The maximum Gasteiger partial charge on any atom is 0.252 e. The first kappa shape index (κ1) is 30.5. The number of anilines is 6. The third-order valence-corrected chi connectivity index (χ3v) is 14.7. The van der Waals surface area contributed by atoms with Crippen LogP contribution in [0.5, 0.6) is 0 Å². The van der Waals surface area contributed by atoms with E-state index >= 15 is 0 Å². The summed E-state index contributed by atoms with van der Waals surface area (Å²) in [6.45, 7) is 0.0771. The molecule has 0 saturated heterocycles. The summed E-state index contributed by atoms with van der Waals surface area (Å²) in [5.74, 6) is 0. The van der Waals surface area contributed by atoms with E-state index in [0.29, 0.717) is 0 Å². The zero-order valence-corrected chi connectivity index (χ0v) is 31.1. The van der Waals surface area contributed by atoms with Crippen molar-refractivity contribution in [2.45, 2.75) is 62.2 Å². The SMILES string of the molecule is c1ccc(N2c3cccc4c3B(c3ccc5c(c3N4c3ccccc3)-c3ccccc3C53CCCC3)c3c2ccc2c3-c3ccccc3C23CCCC3)cc1. The Labute approximate surface area is 324 Å². The lowest BCUT2D eigenvalue weighted by Gasteiger charge is -2.45. The molecule has 2 nitrogen and oxygen atoms in total. The molecule has 0 bridgehead atoms. The number of fused-ring (bicyclic) bond motifs is 16. The first-order valence-corrected chi connectivity index (χ1v) is 20.7. The number of hydrogen-bond donors (Lipinski definition) is 0. The number of nitrogens with zero attached hydrogens (tertiary/aromatic N) is 2. The molecule has 4 aliphatic carbocycles. The lowest BCUT2D eigenvalue weighted by molar-refractivity contribution is 0.550. The molecule has 2 aliphatic heterocycles. The molecule has 2 spiro atoms. The van der Waals surface area contributed by atoms with Gasteiger partial charge in [-0.1, -0.05) is 135 Å². The minimum Gasteiger partial charge on any atom is -0.311 e. The maximum absolute atomic E-state index is 2.65. The van der Waals surface area contributed by atoms with Crippen molar-refractivity contribution in [3.63, 3.8) is 0 Å². The first-order valence-electron chi connectivity index (χ1n) is 20.7. The largest absolute Gasteiger partial charge is 0.311 e. The summed E-state index contributed by atoms with van der Waals surface area (Å²) in [4.78, 5) is 5.23. The monoisotopic (exact) mass is 704 g/mol. The van der Waals surface area contributed by atoms with E-state index in [1.807, 2.05) is 0 Å². The Kier molecular flexibility index (Phi) is 6.06. The van der Waals surface area contributed by atoms with E-state index in [-0.39, 0.29) is 17.5 Å². The zero-order chi connectivity index (χ0) is 35.9. The van der Waals surface area contributed by atoms with Crippen molar-refractivity contribution in [1.82, 2.24) is 0 Å². The molecule has 0 atom stereocenters. The molecular formula is C52H41BN2. The van der Waals surface area contributed by atoms with Crippen LogP contribution in [0.1, 0.15) is 73.6 Å². The van der Waals surface area contributed by atoms with Gasteiger partial charge in [-0.05, 0) is 123 Å². The summed E-state index contributed by atoms with van der Waals surface area (Å²) in [6, 6.07) is 58.5. The fourth-order valence-electron chi connectivity index (χ4n) is 12.7. The van der Waals surface area contributed by atoms with Crippen molar-refractivity contribution in [1.29, 1.82) is 0 Å². The second kappa shape index (κ2) is 10.9. The van der Waals surface area contributed by atoms with E-state index < -0.39 is 0 Å². The Hall–Kier alpha value is -5.80. The van der Waals surface area contributed by atoms with Gasteiger partial charge in [0, 0.05) is 50.5 Å². The second-order valence-electron chi connectivity index (χ2n) is 17.0. The summed E-state index contributed by atoms with van der Waals surface area (Å²) in [7, 11) is 0. The predicted molar refractivity (Wildman–Crippen MR) is 230 cm³/mol. The summed E-state index contributed by atoms with van der Waals surface area (Å²) in [5, 5.41) is 0. The van der Waals surface area contributed by atoms with Crippen LogP contribution in [0, 0.1) is 0 Å². The third-order valence-electron chi connectivity index (χ3n) is 14.7. The standard InChI is InChI=1S/C52H41BN2/c1-3-16-34(17-4-1)54-43-24-15-25-44-48(43)53(49-45(54)29-27-40-46(49)36-20-7-9-22-38(36)51(40)30-11-12-31-51)42-28-26-41-47(50(42)55(44)35-18-5-2-6-19-35)37-21-8-10-23-39(37)52(41)32-13-14-33-52/h1-10,15-29H,11-14,30-33H2. The third kappa shape index (κ3) is 3.73. The second-order valence-corrected chi connectivity index (χ2v) is 17.0. The van der Waals surface area contributed by atoms with Crippen molar-refractivity contribution >= 4 is 57.2 Å². The predicted octanol–water partition coefficient (Wildman–Crippen LogP) is 11.5. The van der Waals surface area contributed by atoms with Crippen LogP contribution in [0.25, 0.3) is 22.3 Å². The summed E-state index contributed by atoms with van der Waals surface area (Å²) < 4.78 is 0. The number of benzene rings is 7. The molecule has 2 fully saturated rings. The van der Waals surface area contributed by atoms with Gasteiger partial charge in [0.05, 0.1) is 0 Å². The van der Waals surface area contributed by atoms with Gasteiger partial charge in [0.2, 0.25) is 0 Å². The van der Waals surface area contributed by atoms with Gasteiger partial charge in [0.1, 0.15) is 0 Å². The topological polar surface area (TPSA) is 6.48 Å². The van der Waals surface area contributed by atoms with Gasteiger partial charge in [0.25, 0.3) is 6.71 Å². The highest BCUT2D eigenvalue weighted by Gasteiger charge is 2.53. The first-order chi connectivity index (χ1) is 27.3. The van der Waals surface area contributed by atoms with Crippen molar-refractivity contribution in [2.75, 3.05) is 9.80 Å². The minimum atomic E-state index is 0.0771. The molecule has 0 aromatic heterocycles. The Morgan fingerprint density at radius 3 is 1.51 bits per heavy atom. The highest BCUT2D eigenvalue weighted by Crippen LogP contribution is 2.61. The molecule has 7 aromatic rings. The molecule has 6 aliphatic rings. The van der Waals surface area contributed by atoms with Gasteiger partial charge in [-0.25, -0.2) is 0 Å². The van der Waals surface area contributed by atoms with Gasteiger partial charge in [0.15, 0.2) is 0 Å². The van der Waals surface area contributed by atoms with Crippen LogP contribution in [-0.4, -0.2) is 6.71 Å². The van der Waals surface area contributed by atoms with Crippen LogP contribution >= 0.6 is 0 Å². The van der Waals surface area contributed by atoms with E-state index in [1.165, 1.54) is 124 Å². The minimum absolute atomic E-state index is 0.0771. The van der Waals surface area contributed by atoms with E-state index in [1.54, 1.807) is 22.3 Å². The number of rotatable bonds is 2. The van der Waals surface area contributed by atoms with Crippen LogP contribution in [0.3, 0.4) is 0 Å². The molecule has 2 heterocycles. The Morgan fingerprint density at radius 2 is 0.873 bits per heavy atom. The normalized spacial score (nSPS) is 18.1. The molecule has 7 aromatic carbocycles. The van der Waals surface area contributed by atoms with Crippen LogP contribution in [-0.2, 0) is 10.8 Å². The van der Waals surface area contributed by atoms with Crippen molar-refractivity contribution in [3.8, 4) is 22.3 Å². The Morgan fingerprint density at radius 1 is 0.382 bits per heavy atom. The van der Waals surface area contributed by atoms with Crippen molar-refractivity contribution < 1.29 is 0 Å². The maximum atomic E-state index is 2.65. The molecule has 3 heteroatoms. The Bertz CT molecular complexity index is 2740. The zero-order valence-electron chi connectivity index (χ0n) is 31.1. The van der Waals surface area contributed by atoms with Crippen molar-refractivity contribution in [2.24, 2.45) is 0 Å².